The molecular formula is C16H20N4O3S. The second-order valence-corrected chi connectivity index (χ2v) is 7.28. The van der Waals surface area contributed by atoms with Crippen LogP contribution in [0.2, 0.25) is 0 Å². The van der Waals surface area contributed by atoms with Gasteiger partial charge in [-0.15, -0.1) is 0 Å². The second-order valence-electron chi connectivity index (χ2n) is 5.57. The lowest BCUT2D eigenvalue weighted by atomic mass is 10.3. The van der Waals surface area contributed by atoms with E-state index in [0.717, 1.165) is 5.56 Å². The van der Waals surface area contributed by atoms with Crippen LogP contribution in [0.15, 0.2) is 47.6 Å². The molecule has 2 aromatic rings. The molecule has 0 aliphatic heterocycles. The Bertz CT molecular complexity index is 836. The van der Waals surface area contributed by atoms with Gasteiger partial charge in [0, 0.05) is 36.6 Å². The molecule has 0 saturated carbocycles. The Morgan fingerprint density at radius 2 is 1.92 bits per heavy atom. The zero-order valence-electron chi connectivity index (χ0n) is 13.7. The Morgan fingerprint density at radius 3 is 2.46 bits per heavy atom. The van der Waals surface area contributed by atoms with E-state index in [-0.39, 0.29) is 16.8 Å². The van der Waals surface area contributed by atoms with Crippen LogP contribution in [0.3, 0.4) is 0 Å². The largest absolute Gasteiger partial charge is 0.323 e. The molecule has 128 valence electrons. The van der Waals surface area contributed by atoms with Crippen LogP contribution >= 0.6 is 0 Å². The molecule has 0 unspecified atom stereocenters. The van der Waals surface area contributed by atoms with Gasteiger partial charge < -0.3 is 5.32 Å². The number of carbonyl (C=O) groups is 1. The molecule has 0 aliphatic carbocycles. The van der Waals surface area contributed by atoms with Gasteiger partial charge in [-0.25, -0.2) is 13.1 Å². The number of benzene rings is 1. The van der Waals surface area contributed by atoms with Crippen molar-refractivity contribution in [2.75, 3.05) is 5.32 Å². The van der Waals surface area contributed by atoms with Crippen LogP contribution in [0.5, 0.6) is 0 Å². The van der Waals surface area contributed by atoms with Crippen LogP contribution in [0.1, 0.15) is 19.4 Å². The predicted molar refractivity (Wildman–Crippen MR) is 92.8 cm³/mol. The molecule has 1 amide bonds. The average Bonchev–Trinajstić information content (AvgIpc) is 2.90. The number of sulfonamides is 1. The summed E-state index contributed by atoms with van der Waals surface area (Å²) in [6.07, 6.45) is 6.46. The Morgan fingerprint density at radius 1 is 1.25 bits per heavy atom. The van der Waals surface area contributed by atoms with E-state index in [4.69, 9.17) is 0 Å². The van der Waals surface area contributed by atoms with E-state index in [9.17, 15) is 13.2 Å². The van der Waals surface area contributed by atoms with E-state index in [2.05, 4.69) is 15.1 Å². The van der Waals surface area contributed by atoms with Gasteiger partial charge in [-0.1, -0.05) is 0 Å². The molecule has 0 bridgehead atoms. The SMILES string of the molecule is CC(C)NS(=O)(=O)c1ccc(NC(=O)C=Cc2cnn(C)c2)cc1. The van der Waals surface area contributed by atoms with Gasteiger partial charge in [-0.2, -0.15) is 5.10 Å². The minimum absolute atomic E-state index is 0.153. The molecule has 8 heteroatoms. The zero-order valence-corrected chi connectivity index (χ0v) is 14.5. The minimum Gasteiger partial charge on any atom is -0.323 e. The fourth-order valence-corrected chi connectivity index (χ4v) is 3.23. The van der Waals surface area contributed by atoms with E-state index in [0.29, 0.717) is 5.69 Å². The van der Waals surface area contributed by atoms with Crippen LogP contribution in [0, 0.1) is 0 Å². The van der Waals surface area contributed by atoms with Gasteiger partial charge in [-0.3, -0.25) is 9.48 Å². The molecule has 2 rings (SSSR count). The maximum atomic E-state index is 12.0. The van der Waals surface area contributed by atoms with Crippen LogP contribution in [-0.2, 0) is 21.9 Å². The van der Waals surface area contributed by atoms with E-state index < -0.39 is 10.0 Å². The van der Waals surface area contributed by atoms with Gasteiger partial charge in [0.2, 0.25) is 15.9 Å². The lowest BCUT2D eigenvalue weighted by molar-refractivity contribution is -0.111. The van der Waals surface area contributed by atoms with Crippen molar-refractivity contribution in [1.82, 2.24) is 14.5 Å². The molecule has 0 fully saturated rings. The molecule has 1 heterocycles. The van der Waals surface area contributed by atoms with Crippen molar-refractivity contribution in [3.8, 4) is 0 Å². The molecule has 0 saturated heterocycles. The Labute approximate surface area is 141 Å². The quantitative estimate of drug-likeness (QED) is 0.778. The highest BCUT2D eigenvalue weighted by Gasteiger charge is 2.14. The van der Waals surface area contributed by atoms with Crippen molar-refractivity contribution < 1.29 is 13.2 Å². The molecule has 24 heavy (non-hydrogen) atoms. The first-order valence-corrected chi connectivity index (χ1v) is 8.85. The minimum atomic E-state index is -3.53. The lowest BCUT2D eigenvalue weighted by Gasteiger charge is -2.10. The van der Waals surface area contributed by atoms with Crippen LogP contribution in [0.4, 0.5) is 5.69 Å². The number of aryl methyl sites for hydroxylation is 1. The summed E-state index contributed by atoms with van der Waals surface area (Å²) in [5.74, 6) is -0.310. The average molecular weight is 348 g/mol. The highest BCUT2D eigenvalue weighted by Crippen LogP contribution is 2.14. The van der Waals surface area contributed by atoms with E-state index in [1.54, 1.807) is 56.2 Å². The van der Waals surface area contributed by atoms with Crippen molar-refractivity contribution in [3.05, 3.63) is 48.3 Å². The summed E-state index contributed by atoms with van der Waals surface area (Å²) in [4.78, 5) is 12.0. The smallest absolute Gasteiger partial charge is 0.248 e. The molecule has 1 aromatic heterocycles. The monoisotopic (exact) mass is 348 g/mol. The first kappa shape index (κ1) is 17.9. The van der Waals surface area contributed by atoms with Crippen molar-refractivity contribution in [3.63, 3.8) is 0 Å². The first-order chi connectivity index (χ1) is 11.3. The lowest BCUT2D eigenvalue weighted by Crippen LogP contribution is -2.30. The van der Waals surface area contributed by atoms with Gasteiger partial charge in [-0.05, 0) is 44.2 Å². The summed E-state index contributed by atoms with van der Waals surface area (Å²) >= 11 is 0. The summed E-state index contributed by atoms with van der Waals surface area (Å²) in [6, 6.07) is 5.80. The number of rotatable bonds is 6. The Balaban J connectivity index is 2.01. The summed E-state index contributed by atoms with van der Waals surface area (Å²) in [6.45, 7) is 3.50. The number of hydrogen-bond donors (Lipinski definition) is 2. The molecule has 0 atom stereocenters. The standard InChI is InChI=1S/C16H20N4O3S/c1-12(2)19-24(22,23)15-7-5-14(6-8-15)18-16(21)9-4-13-10-17-20(3)11-13/h4-12,19H,1-3H3,(H,18,21). The number of amides is 1. The predicted octanol–water partition coefficient (Wildman–Crippen LogP) is 1.76. The van der Waals surface area contributed by atoms with E-state index in [1.165, 1.54) is 18.2 Å². The molecule has 7 nitrogen and oxygen atoms in total. The maximum Gasteiger partial charge on any atom is 0.248 e. The summed E-state index contributed by atoms with van der Waals surface area (Å²) in [5.41, 5.74) is 1.33. The van der Waals surface area contributed by atoms with Gasteiger partial charge in [0.1, 0.15) is 0 Å². The molecule has 0 aliphatic rings. The maximum absolute atomic E-state index is 12.0. The Kier molecular flexibility index (Phi) is 5.53. The normalized spacial score (nSPS) is 12.0. The number of nitrogens with zero attached hydrogens (tertiary/aromatic N) is 2. The van der Waals surface area contributed by atoms with Gasteiger partial charge in [0.25, 0.3) is 0 Å². The highest BCUT2D eigenvalue weighted by atomic mass is 32.2. The molecule has 1 aromatic carbocycles. The van der Waals surface area contributed by atoms with Crippen molar-refractivity contribution in [2.24, 2.45) is 7.05 Å². The summed E-state index contributed by atoms with van der Waals surface area (Å²) in [5, 5.41) is 6.67. The highest BCUT2D eigenvalue weighted by molar-refractivity contribution is 7.89. The third kappa shape index (κ3) is 5.04. The molecular weight excluding hydrogens is 328 g/mol. The van der Waals surface area contributed by atoms with Crippen LogP contribution in [0.25, 0.3) is 6.08 Å². The van der Waals surface area contributed by atoms with Crippen molar-refractivity contribution >= 4 is 27.7 Å². The molecule has 2 N–H and O–H groups in total. The first-order valence-electron chi connectivity index (χ1n) is 7.36. The van der Waals surface area contributed by atoms with Crippen LogP contribution < -0.4 is 10.0 Å². The Hall–Kier alpha value is -2.45. The van der Waals surface area contributed by atoms with E-state index in [1.807, 2.05) is 0 Å². The van der Waals surface area contributed by atoms with Crippen LogP contribution in [-0.4, -0.2) is 30.1 Å². The van der Waals surface area contributed by atoms with Crippen molar-refractivity contribution in [1.29, 1.82) is 0 Å². The number of nitrogens with one attached hydrogen (secondary N) is 2. The summed E-state index contributed by atoms with van der Waals surface area (Å²) in [7, 11) is -1.74. The zero-order chi connectivity index (χ0) is 17.7. The third-order valence-electron chi connectivity index (χ3n) is 2.98. The van der Waals surface area contributed by atoms with Gasteiger partial charge >= 0.3 is 0 Å². The topological polar surface area (TPSA) is 93.1 Å². The van der Waals surface area contributed by atoms with Crippen molar-refractivity contribution in [2.45, 2.75) is 24.8 Å². The fraction of sp³-hybridized carbons (Fsp3) is 0.250. The third-order valence-corrected chi connectivity index (χ3v) is 4.65. The number of hydrogen-bond acceptors (Lipinski definition) is 4. The van der Waals surface area contributed by atoms with Gasteiger partial charge in [0.15, 0.2) is 0 Å². The second kappa shape index (κ2) is 7.41. The molecule has 0 radical (unpaired) electrons. The molecule has 0 spiro atoms. The fourth-order valence-electron chi connectivity index (χ4n) is 1.98. The van der Waals surface area contributed by atoms with E-state index >= 15 is 0 Å². The number of anilines is 1. The number of carbonyl (C=O) groups excluding carboxylic acids is 1. The van der Waals surface area contributed by atoms with Gasteiger partial charge in [0.05, 0.1) is 11.1 Å². The number of aromatic nitrogens is 2. The summed E-state index contributed by atoms with van der Waals surface area (Å²) < 4.78 is 28.2.